The van der Waals surface area contributed by atoms with Crippen LogP contribution in [0.5, 0.6) is 0 Å². The third kappa shape index (κ3) is 3.58. The van der Waals surface area contributed by atoms with Gasteiger partial charge in [-0.05, 0) is 40.4 Å². The van der Waals surface area contributed by atoms with Crippen molar-refractivity contribution in [1.29, 1.82) is 0 Å². The molecule has 0 fully saturated rings. The van der Waals surface area contributed by atoms with Crippen LogP contribution in [0.3, 0.4) is 0 Å². The van der Waals surface area contributed by atoms with Crippen molar-refractivity contribution in [2.24, 2.45) is 0 Å². The number of halogens is 3. The molecular formula is C10H9BrF2O2. The number of aryl methyl sites for hydroxylation is 1. The predicted molar refractivity (Wildman–Crippen MR) is 54.6 cm³/mol. The highest BCUT2D eigenvalue weighted by atomic mass is 79.9. The van der Waals surface area contributed by atoms with Gasteiger partial charge in [0.1, 0.15) is 11.6 Å². The van der Waals surface area contributed by atoms with Gasteiger partial charge < -0.3 is 5.11 Å². The minimum absolute atomic E-state index is 0.00935. The third-order valence-corrected chi connectivity index (χ3v) is 2.79. The minimum Gasteiger partial charge on any atom is -0.481 e. The van der Waals surface area contributed by atoms with Crippen LogP contribution in [-0.4, -0.2) is 11.1 Å². The summed E-state index contributed by atoms with van der Waals surface area (Å²) in [7, 11) is 0. The Balaban J connectivity index is 2.72. The molecule has 1 rings (SSSR count). The van der Waals surface area contributed by atoms with Gasteiger partial charge in [-0.25, -0.2) is 8.78 Å². The maximum Gasteiger partial charge on any atom is 0.303 e. The van der Waals surface area contributed by atoms with Crippen molar-refractivity contribution in [2.75, 3.05) is 0 Å². The normalized spacial score (nSPS) is 10.3. The summed E-state index contributed by atoms with van der Waals surface area (Å²) in [6.07, 6.45) is 0.683. The van der Waals surface area contributed by atoms with Crippen molar-refractivity contribution in [2.45, 2.75) is 19.3 Å². The second-order valence-corrected chi connectivity index (χ2v) is 3.90. The average molecular weight is 279 g/mol. The monoisotopic (exact) mass is 278 g/mol. The molecule has 0 aliphatic rings. The summed E-state index contributed by atoms with van der Waals surface area (Å²) >= 11 is 2.99. The smallest absolute Gasteiger partial charge is 0.303 e. The second kappa shape index (κ2) is 5.21. The number of aliphatic carboxylic acids is 1. The summed E-state index contributed by atoms with van der Waals surface area (Å²) in [6, 6.07) is 1.99. The zero-order chi connectivity index (χ0) is 11.4. The molecule has 82 valence electrons. The summed E-state index contributed by atoms with van der Waals surface area (Å²) in [5.74, 6) is -2.23. The Bertz CT molecular complexity index is 380. The van der Waals surface area contributed by atoms with E-state index in [1.807, 2.05) is 0 Å². The molecule has 0 aliphatic carbocycles. The minimum atomic E-state index is -0.914. The van der Waals surface area contributed by atoms with Gasteiger partial charge in [-0.1, -0.05) is 0 Å². The molecular weight excluding hydrogens is 270 g/mol. The molecule has 0 aliphatic heterocycles. The maximum absolute atomic E-state index is 13.0. The number of carboxylic acid groups (broad SMARTS) is 1. The van der Waals surface area contributed by atoms with E-state index >= 15 is 0 Å². The number of benzene rings is 1. The van der Waals surface area contributed by atoms with E-state index in [0.29, 0.717) is 18.4 Å². The van der Waals surface area contributed by atoms with Gasteiger partial charge in [0.2, 0.25) is 0 Å². The van der Waals surface area contributed by atoms with E-state index in [2.05, 4.69) is 15.9 Å². The fourth-order valence-electron chi connectivity index (χ4n) is 1.22. The maximum atomic E-state index is 13.0. The molecule has 1 aromatic rings. The highest BCUT2D eigenvalue weighted by molar-refractivity contribution is 9.10. The Hall–Kier alpha value is -0.970. The van der Waals surface area contributed by atoms with Crippen LogP contribution >= 0.6 is 15.9 Å². The quantitative estimate of drug-likeness (QED) is 0.860. The first kappa shape index (κ1) is 12.1. The van der Waals surface area contributed by atoms with Gasteiger partial charge >= 0.3 is 5.97 Å². The lowest BCUT2D eigenvalue weighted by Crippen LogP contribution is -1.98. The van der Waals surface area contributed by atoms with Gasteiger partial charge in [-0.3, -0.25) is 4.79 Å². The molecule has 0 radical (unpaired) electrons. The summed E-state index contributed by atoms with van der Waals surface area (Å²) in [4.78, 5) is 10.2. The molecule has 2 nitrogen and oxygen atoms in total. The predicted octanol–water partition coefficient (Wildman–Crippen LogP) is 3.13. The number of carbonyl (C=O) groups is 1. The first-order valence-corrected chi connectivity index (χ1v) is 5.15. The number of hydrogen-bond donors (Lipinski definition) is 1. The van der Waals surface area contributed by atoms with Gasteiger partial charge in [0.05, 0.1) is 4.47 Å². The van der Waals surface area contributed by atoms with Crippen LogP contribution in [0.2, 0.25) is 0 Å². The Kier molecular flexibility index (Phi) is 4.20. The van der Waals surface area contributed by atoms with Gasteiger partial charge in [-0.2, -0.15) is 0 Å². The van der Waals surface area contributed by atoms with E-state index in [1.165, 1.54) is 6.07 Å². The van der Waals surface area contributed by atoms with Crippen LogP contribution in [0, 0.1) is 11.6 Å². The highest BCUT2D eigenvalue weighted by Gasteiger charge is 2.09. The van der Waals surface area contributed by atoms with Crippen molar-refractivity contribution >= 4 is 21.9 Å². The molecule has 1 N–H and O–H groups in total. The Morgan fingerprint density at radius 2 is 2.07 bits per heavy atom. The van der Waals surface area contributed by atoms with Gasteiger partial charge in [0, 0.05) is 12.5 Å². The molecule has 15 heavy (non-hydrogen) atoms. The summed E-state index contributed by atoms with van der Waals surface area (Å²) in [6.45, 7) is 0. The molecule has 0 aromatic heterocycles. The fourth-order valence-corrected chi connectivity index (χ4v) is 1.65. The number of rotatable bonds is 4. The Morgan fingerprint density at radius 1 is 1.40 bits per heavy atom. The van der Waals surface area contributed by atoms with E-state index in [-0.39, 0.29) is 10.9 Å². The van der Waals surface area contributed by atoms with Crippen LogP contribution in [0.25, 0.3) is 0 Å². The molecule has 0 atom stereocenters. The van der Waals surface area contributed by atoms with E-state index < -0.39 is 17.6 Å². The highest BCUT2D eigenvalue weighted by Crippen LogP contribution is 2.23. The van der Waals surface area contributed by atoms with Gasteiger partial charge in [0.15, 0.2) is 0 Å². The van der Waals surface area contributed by atoms with Crippen molar-refractivity contribution in [3.63, 3.8) is 0 Å². The van der Waals surface area contributed by atoms with Crippen molar-refractivity contribution in [3.05, 3.63) is 33.8 Å². The molecule has 1 aromatic carbocycles. The number of carboxylic acids is 1. The average Bonchev–Trinajstić information content (AvgIpc) is 2.12. The standard InChI is InChI=1S/C10H9BrF2O2/c11-10-6(2-1-3-9(14)15)4-7(12)5-8(10)13/h4-5H,1-3H2,(H,14,15). The van der Waals surface area contributed by atoms with Crippen LogP contribution in [0.4, 0.5) is 8.78 Å². The summed E-state index contributed by atoms with van der Waals surface area (Å²) < 4.78 is 26.0. The first-order chi connectivity index (χ1) is 7.00. The lowest BCUT2D eigenvalue weighted by atomic mass is 10.1. The van der Waals surface area contributed by atoms with Crippen molar-refractivity contribution < 1.29 is 18.7 Å². The van der Waals surface area contributed by atoms with E-state index in [0.717, 1.165) is 6.07 Å². The molecule has 0 saturated heterocycles. The van der Waals surface area contributed by atoms with Crippen LogP contribution < -0.4 is 0 Å². The zero-order valence-corrected chi connectivity index (χ0v) is 9.35. The van der Waals surface area contributed by atoms with Crippen LogP contribution in [0.15, 0.2) is 16.6 Å². The molecule has 0 spiro atoms. The largest absolute Gasteiger partial charge is 0.481 e. The lowest BCUT2D eigenvalue weighted by Gasteiger charge is -2.04. The third-order valence-electron chi connectivity index (χ3n) is 1.91. The van der Waals surface area contributed by atoms with Crippen molar-refractivity contribution in [1.82, 2.24) is 0 Å². The van der Waals surface area contributed by atoms with E-state index in [4.69, 9.17) is 5.11 Å². The molecule has 0 amide bonds. The molecule has 0 saturated carbocycles. The Labute approximate surface area is 94.0 Å². The second-order valence-electron chi connectivity index (χ2n) is 3.11. The van der Waals surface area contributed by atoms with Gasteiger partial charge in [-0.15, -0.1) is 0 Å². The lowest BCUT2D eigenvalue weighted by molar-refractivity contribution is -0.137. The van der Waals surface area contributed by atoms with Gasteiger partial charge in [0.25, 0.3) is 0 Å². The molecule has 0 heterocycles. The molecule has 5 heteroatoms. The summed E-state index contributed by atoms with van der Waals surface area (Å²) in [5, 5.41) is 8.41. The SMILES string of the molecule is O=C(O)CCCc1cc(F)cc(F)c1Br. The Morgan fingerprint density at radius 3 is 2.67 bits per heavy atom. The zero-order valence-electron chi connectivity index (χ0n) is 7.77. The fraction of sp³-hybridized carbons (Fsp3) is 0.300. The van der Waals surface area contributed by atoms with Crippen molar-refractivity contribution in [3.8, 4) is 0 Å². The van der Waals surface area contributed by atoms with E-state index in [9.17, 15) is 13.6 Å². The van der Waals surface area contributed by atoms with E-state index in [1.54, 1.807) is 0 Å². The topological polar surface area (TPSA) is 37.3 Å². The number of hydrogen-bond acceptors (Lipinski definition) is 1. The van der Waals surface area contributed by atoms with Crippen LogP contribution in [-0.2, 0) is 11.2 Å². The molecule has 0 bridgehead atoms. The summed E-state index contributed by atoms with van der Waals surface area (Å²) in [5.41, 5.74) is 0.453. The first-order valence-electron chi connectivity index (χ1n) is 4.36. The van der Waals surface area contributed by atoms with Crippen LogP contribution in [0.1, 0.15) is 18.4 Å². The molecule has 0 unspecified atom stereocenters.